The first-order valence-corrected chi connectivity index (χ1v) is 9.49. The van der Waals surface area contributed by atoms with Crippen LogP contribution in [0.4, 0.5) is 8.78 Å². The minimum atomic E-state index is -2.96. The minimum Gasteiger partial charge on any atom is -0.506 e. The number of hydrogen-bond acceptors (Lipinski definition) is 4. The van der Waals surface area contributed by atoms with Gasteiger partial charge in [0.15, 0.2) is 0 Å². The van der Waals surface area contributed by atoms with Crippen LogP contribution in [0.3, 0.4) is 0 Å². The lowest BCUT2D eigenvalue weighted by molar-refractivity contribution is -0.120. The van der Waals surface area contributed by atoms with Crippen LogP contribution in [0.25, 0.3) is 10.9 Å². The van der Waals surface area contributed by atoms with E-state index < -0.39 is 12.5 Å². The SMILES string of the molecule is CCNC(=O)Cc1c(C)n(C(=O)c2ccc(OC(F)F)cc2)c2cc(Cl)c(O)cc12. The number of hydrogen-bond donors (Lipinski definition) is 2. The summed E-state index contributed by atoms with van der Waals surface area (Å²) in [6.45, 7) is 0.976. The molecule has 1 amide bonds. The number of fused-ring (bicyclic) bond motifs is 1. The van der Waals surface area contributed by atoms with Crippen molar-refractivity contribution in [3.05, 3.63) is 58.2 Å². The minimum absolute atomic E-state index is 0.0126. The fourth-order valence-corrected chi connectivity index (χ4v) is 3.46. The molecule has 0 saturated carbocycles. The predicted octanol–water partition coefficient (Wildman–Crippen LogP) is 4.28. The van der Waals surface area contributed by atoms with Crippen molar-refractivity contribution in [3.8, 4) is 11.5 Å². The molecule has 30 heavy (non-hydrogen) atoms. The predicted molar refractivity (Wildman–Crippen MR) is 109 cm³/mol. The number of aromatic nitrogens is 1. The molecule has 0 saturated heterocycles. The molecule has 0 fully saturated rings. The number of amides is 1. The Morgan fingerprint density at radius 2 is 1.90 bits per heavy atom. The Bertz CT molecular complexity index is 1110. The van der Waals surface area contributed by atoms with Gasteiger partial charge in [-0.15, -0.1) is 0 Å². The van der Waals surface area contributed by atoms with Crippen molar-refractivity contribution in [2.24, 2.45) is 0 Å². The van der Waals surface area contributed by atoms with Crippen molar-refractivity contribution >= 4 is 34.3 Å². The molecule has 0 aliphatic rings. The summed E-state index contributed by atoms with van der Waals surface area (Å²) in [5.74, 6) is -0.903. The second-order valence-corrected chi connectivity index (χ2v) is 6.97. The number of carbonyl (C=O) groups excluding carboxylic acids is 2. The number of alkyl halides is 2. The van der Waals surface area contributed by atoms with Gasteiger partial charge in [0, 0.05) is 23.2 Å². The molecule has 0 bridgehead atoms. The Labute approximate surface area is 176 Å². The zero-order valence-electron chi connectivity index (χ0n) is 16.2. The molecule has 1 aromatic heterocycles. The topological polar surface area (TPSA) is 80.6 Å². The van der Waals surface area contributed by atoms with Crippen molar-refractivity contribution in [2.75, 3.05) is 6.54 Å². The van der Waals surface area contributed by atoms with Gasteiger partial charge in [-0.05, 0) is 55.8 Å². The second kappa shape index (κ2) is 8.71. The molecular formula is C21H19ClF2N2O4. The number of halogens is 3. The molecule has 0 aliphatic carbocycles. The van der Waals surface area contributed by atoms with Crippen molar-refractivity contribution < 1.29 is 28.2 Å². The van der Waals surface area contributed by atoms with Crippen LogP contribution >= 0.6 is 11.6 Å². The van der Waals surface area contributed by atoms with Crippen molar-refractivity contribution in [3.63, 3.8) is 0 Å². The van der Waals surface area contributed by atoms with Crippen LogP contribution in [0.1, 0.15) is 28.5 Å². The van der Waals surface area contributed by atoms with E-state index in [9.17, 15) is 23.5 Å². The van der Waals surface area contributed by atoms with E-state index in [0.29, 0.717) is 28.7 Å². The molecule has 0 radical (unpaired) electrons. The number of likely N-dealkylation sites (N-methyl/N-ethyl adjacent to an activating group) is 1. The summed E-state index contributed by atoms with van der Waals surface area (Å²) in [7, 11) is 0. The molecule has 0 unspecified atom stereocenters. The molecule has 3 aromatic rings. The van der Waals surface area contributed by atoms with Gasteiger partial charge < -0.3 is 15.2 Å². The molecule has 6 nitrogen and oxygen atoms in total. The number of rotatable bonds is 6. The molecular weight excluding hydrogens is 418 g/mol. The summed E-state index contributed by atoms with van der Waals surface area (Å²) < 4.78 is 30.4. The summed E-state index contributed by atoms with van der Waals surface area (Å²) in [4.78, 5) is 25.4. The van der Waals surface area contributed by atoms with Gasteiger partial charge in [0.2, 0.25) is 5.91 Å². The second-order valence-electron chi connectivity index (χ2n) is 6.56. The first kappa shape index (κ1) is 21.6. The van der Waals surface area contributed by atoms with Crippen molar-refractivity contribution in [1.82, 2.24) is 9.88 Å². The number of nitrogens with zero attached hydrogens (tertiary/aromatic N) is 1. The van der Waals surface area contributed by atoms with Crippen LogP contribution < -0.4 is 10.1 Å². The molecule has 9 heteroatoms. The molecule has 158 valence electrons. The third-order valence-electron chi connectivity index (χ3n) is 4.64. The fourth-order valence-electron chi connectivity index (χ4n) is 3.30. The largest absolute Gasteiger partial charge is 0.506 e. The maximum Gasteiger partial charge on any atom is 0.387 e. The van der Waals surface area contributed by atoms with Crippen LogP contribution in [0.5, 0.6) is 11.5 Å². The first-order valence-electron chi connectivity index (χ1n) is 9.11. The van der Waals surface area contributed by atoms with Gasteiger partial charge in [-0.25, -0.2) is 0 Å². The molecule has 2 N–H and O–H groups in total. The third kappa shape index (κ3) is 4.23. The van der Waals surface area contributed by atoms with Crippen LogP contribution in [0.15, 0.2) is 36.4 Å². The summed E-state index contributed by atoms with van der Waals surface area (Å²) in [6.07, 6.45) is 0.0126. The van der Waals surface area contributed by atoms with Gasteiger partial charge in [-0.2, -0.15) is 8.78 Å². The van der Waals surface area contributed by atoms with Gasteiger partial charge in [-0.3, -0.25) is 14.2 Å². The lowest BCUT2D eigenvalue weighted by atomic mass is 10.1. The lowest BCUT2D eigenvalue weighted by Gasteiger charge is -2.09. The monoisotopic (exact) mass is 436 g/mol. The number of phenols is 1. The number of nitrogens with one attached hydrogen (secondary N) is 1. The van der Waals surface area contributed by atoms with Crippen LogP contribution in [0.2, 0.25) is 5.02 Å². The number of carbonyl (C=O) groups is 2. The Morgan fingerprint density at radius 3 is 2.50 bits per heavy atom. The third-order valence-corrected chi connectivity index (χ3v) is 4.95. The van der Waals surface area contributed by atoms with E-state index >= 15 is 0 Å². The van der Waals surface area contributed by atoms with Crippen molar-refractivity contribution in [2.45, 2.75) is 26.9 Å². The van der Waals surface area contributed by atoms with Gasteiger partial charge in [0.1, 0.15) is 11.5 Å². The van der Waals surface area contributed by atoms with Crippen LogP contribution in [0, 0.1) is 6.92 Å². The fraction of sp³-hybridized carbons (Fsp3) is 0.238. The Balaban J connectivity index is 2.10. The highest BCUT2D eigenvalue weighted by atomic mass is 35.5. The first-order chi connectivity index (χ1) is 14.2. The summed E-state index contributed by atoms with van der Waals surface area (Å²) in [5, 5.41) is 13.3. The Morgan fingerprint density at radius 1 is 1.23 bits per heavy atom. The summed E-state index contributed by atoms with van der Waals surface area (Å²) in [6, 6.07) is 8.16. The normalized spacial score (nSPS) is 11.1. The van der Waals surface area contributed by atoms with E-state index in [1.165, 1.54) is 41.0 Å². The molecule has 0 aliphatic heterocycles. The molecule has 2 aromatic carbocycles. The molecule has 0 atom stereocenters. The van der Waals surface area contributed by atoms with E-state index in [0.717, 1.165) is 0 Å². The van der Waals surface area contributed by atoms with E-state index in [1.807, 2.05) is 0 Å². The molecule has 3 rings (SSSR count). The van der Waals surface area contributed by atoms with E-state index in [-0.39, 0.29) is 34.4 Å². The maximum absolute atomic E-state index is 13.2. The lowest BCUT2D eigenvalue weighted by Crippen LogP contribution is -2.24. The number of ether oxygens (including phenoxy) is 1. The maximum atomic E-state index is 13.2. The van der Waals surface area contributed by atoms with Crippen LogP contribution in [-0.4, -0.2) is 34.6 Å². The van der Waals surface area contributed by atoms with E-state index in [2.05, 4.69) is 10.1 Å². The van der Waals surface area contributed by atoms with Gasteiger partial charge in [-0.1, -0.05) is 11.6 Å². The van der Waals surface area contributed by atoms with Gasteiger partial charge >= 0.3 is 6.61 Å². The Kier molecular flexibility index (Phi) is 6.26. The highest BCUT2D eigenvalue weighted by molar-refractivity contribution is 6.33. The van der Waals surface area contributed by atoms with Crippen molar-refractivity contribution in [1.29, 1.82) is 0 Å². The standard InChI is InChI=1S/C21H19ClF2N2O4/c1-3-25-19(28)9-14-11(2)26(17-10-16(22)18(27)8-15(14)17)20(29)12-4-6-13(7-5-12)30-21(23)24/h4-8,10,21,27H,3,9H2,1-2H3,(H,25,28). The highest BCUT2D eigenvalue weighted by Crippen LogP contribution is 2.35. The highest BCUT2D eigenvalue weighted by Gasteiger charge is 2.23. The van der Waals surface area contributed by atoms with Crippen LogP contribution in [-0.2, 0) is 11.2 Å². The average molecular weight is 437 g/mol. The molecule has 0 spiro atoms. The van der Waals surface area contributed by atoms with Gasteiger partial charge in [0.05, 0.1) is 17.0 Å². The number of benzene rings is 2. The molecule has 1 heterocycles. The summed E-state index contributed by atoms with van der Waals surface area (Å²) in [5.41, 5.74) is 1.74. The summed E-state index contributed by atoms with van der Waals surface area (Å²) >= 11 is 6.06. The average Bonchev–Trinajstić information content (AvgIpc) is 2.93. The Hall–Kier alpha value is -3.13. The smallest absolute Gasteiger partial charge is 0.387 e. The van der Waals surface area contributed by atoms with Gasteiger partial charge in [0.25, 0.3) is 5.91 Å². The number of aromatic hydroxyl groups is 1. The zero-order valence-corrected chi connectivity index (χ0v) is 17.0. The quantitative estimate of drug-likeness (QED) is 0.604. The van der Waals surface area contributed by atoms with E-state index in [1.54, 1.807) is 13.8 Å². The number of phenolic OH excluding ortho intramolecular Hbond substituents is 1. The van der Waals surface area contributed by atoms with E-state index in [4.69, 9.17) is 11.6 Å². The zero-order chi connectivity index (χ0) is 22.0.